The van der Waals surface area contributed by atoms with Crippen LogP contribution in [-0.2, 0) is 0 Å². The molecule has 2 aromatic rings. The number of carbonyl (C=O) groups excluding carboxylic acids is 1. The highest BCUT2D eigenvalue weighted by Crippen LogP contribution is 2.35. The van der Waals surface area contributed by atoms with Crippen molar-refractivity contribution in [1.82, 2.24) is 10.2 Å². The van der Waals surface area contributed by atoms with Crippen LogP contribution >= 0.6 is 0 Å². The molecule has 1 saturated heterocycles. The number of carbonyl (C=O) groups is 1. The van der Waals surface area contributed by atoms with Crippen molar-refractivity contribution in [1.29, 1.82) is 0 Å². The topological polar surface area (TPSA) is 50.8 Å². The molecule has 5 nitrogen and oxygen atoms in total. The average Bonchev–Trinajstić information content (AvgIpc) is 3.27. The third-order valence-corrected chi connectivity index (χ3v) is 5.69. The minimum Gasteiger partial charge on any atom is -0.496 e. The molecule has 0 saturated carbocycles. The van der Waals surface area contributed by atoms with Gasteiger partial charge in [0.15, 0.2) is 0 Å². The van der Waals surface area contributed by atoms with Gasteiger partial charge >= 0.3 is 0 Å². The van der Waals surface area contributed by atoms with Crippen molar-refractivity contribution in [3.63, 3.8) is 0 Å². The van der Waals surface area contributed by atoms with Gasteiger partial charge in [0.1, 0.15) is 17.1 Å². The van der Waals surface area contributed by atoms with Crippen LogP contribution in [0.25, 0.3) is 0 Å². The van der Waals surface area contributed by atoms with E-state index in [1.807, 2.05) is 24.3 Å². The molecule has 0 bridgehead atoms. The molecule has 150 valence electrons. The van der Waals surface area contributed by atoms with E-state index in [-0.39, 0.29) is 17.5 Å². The number of rotatable bonds is 7. The molecule has 1 aliphatic rings. The van der Waals surface area contributed by atoms with E-state index in [4.69, 9.17) is 9.47 Å². The molecule has 1 unspecified atom stereocenters. The lowest BCUT2D eigenvalue weighted by molar-refractivity contribution is 0.0773. The fraction of sp³-hybridized carbons (Fsp3) is 0.435. The van der Waals surface area contributed by atoms with E-state index in [2.05, 4.69) is 36.2 Å². The van der Waals surface area contributed by atoms with Crippen molar-refractivity contribution < 1.29 is 14.3 Å². The molecule has 0 aromatic heterocycles. The molecule has 28 heavy (non-hydrogen) atoms. The summed E-state index contributed by atoms with van der Waals surface area (Å²) in [5.41, 5.74) is 1.27. The van der Waals surface area contributed by atoms with Gasteiger partial charge in [0.2, 0.25) is 0 Å². The molecule has 1 amide bonds. The lowest BCUT2D eigenvalue weighted by Crippen LogP contribution is -2.52. The lowest BCUT2D eigenvalue weighted by Gasteiger charge is -2.42. The predicted octanol–water partition coefficient (Wildman–Crippen LogP) is 4.05. The first-order valence-electron chi connectivity index (χ1n) is 9.81. The molecule has 1 heterocycles. The Morgan fingerprint density at radius 1 is 0.964 bits per heavy atom. The van der Waals surface area contributed by atoms with Gasteiger partial charge in [-0.05, 0) is 57.5 Å². The molecule has 1 fully saturated rings. The van der Waals surface area contributed by atoms with Crippen LogP contribution in [0.5, 0.6) is 11.5 Å². The Morgan fingerprint density at radius 3 is 2.07 bits per heavy atom. The molecule has 0 spiro atoms. The van der Waals surface area contributed by atoms with Crippen molar-refractivity contribution in [2.24, 2.45) is 0 Å². The summed E-state index contributed by atoms with van der Waals surface area (Å²) in [6.45, 7) is 6.50. The fourth-order valence-corrected chi connectivity index (χ4v) is 4.07. The monoisotopic (exact) mass is 382 g/mol. The Balaban J connectivity index is 1.98. The number of likely N-dealkylation sites (tertiary alicyclic amines) is 1. The second-order valence-electron chi connectivity index (χ2n) is 7.70. The fourth-order valence-electron chi connectivity index (χ4n) is 4.07. The first-order chi connectivity index (χ1) is 13.5. The summed E-state index contributed by atoms with van der Waals surface area (Å²) in [5, 5.41) is 3.28. The van der Waals surface area contributed by atoms with E-state index in [1.54, 1.807) is 26.4 Å². The number of methoxy groups -OCH3 is 2. The van der Waals surface area contributed by atoms with Crippen molar-refractivity contribution >= 4 is 5.91 Å². The number of hydrogen-bond donors (Lipinski definition) is 1. The zero-order chi connectivity index (χ0) is 20.1. The largest absolute Gasteiger partial charge is 0.496 e. The van der Waals surface area contributed by atoms with Crippen LogP contribution in [0.3, 0.4) is 0 Å². The Kier molecular flexibility index (Phi) is 6.25. The highest BCUT2D eigenvalue weighted by molar-refractivity contribution is 6.00. The van der Waals surface area contributed by atoms with Crippen LogP contribution in [0.1, 0.15) is 48.7 Å². The molecule has 5 heteroatoms. The second kappa shape index (κ2) is 8.65. The van der Waals surface area contributed by atoms with Gasteiger partial charge in [0.25, 0.3) is 5.91 Å². The Hall–Kier alpha value is -2.53. The number of benzene rings is 2. The lowest BCUT2D eigenvalue weighted by atomic mass is 9.86. The van der Waals surface area contributed by atoms with Crippen LogP contribution < -0.4 is 14.8 Å². The number of ether oxygens (including phenoxy) is 2. The third kappa shape index (κ3) is 3.99. The van der Waals surface area contributed by atoms with Crippen LogP contribution in [0.4, 0.5) is 0 Å². The minimum absolute atomic E-state index is 0.172. The van der Waals surface area contributed by atoms with Gasteiger partial charge in [-0.15, -0.1) is 0 Å². The molecule has 1 aliphatic heterocycles. The second-order valence-corrected chi connectivity index (χ2v) is 7.70. The maximum Gasteiger partial charge on any atom is 0.259 e. The first kappa shape index (κ1) is 20.2. The molecule has 1 atom stereocenters. The van der Waals surface area contributed by atoms with Gasteiger partial charge in [-0.1, -0.05) is 36.4 Å². The molecular weight excluding hydrogens is 352 g/mol. The Bertz CT molecular complexity index is 776. The number of amides is 1. The SMILES string of the molecule is COc1cccc(OC)c1C(=O)NC(c1ccccc1)C(C)(C)N1CCCC1. The summed E-state index contributed by atoms with van der Waals surface area (Å²) in [6.07, 6.45) is 2.39. The maximum absolute atomic E-state index is 13.4. The van der Waals surface area contributed by atoms with E-state index in [1.165, 1.54) is 12.8 Å². The van der Waals surface area contributed by atoms with E-state index in [0.717, 1.165) is 18.7 Å². The van der Waals surface area contributed by atoms with Gasteiger partial charge < -0.3 is 14.8 Å². The predicted molar refractivity (Wildman–Crippen MR) is 111 cm³/mol. The Labute approximate surface area is 167 Å². The van der Waals surface area contributed by atoms with E-state index >= 15 is 0 Å². The Morgan fingerprint density at radius 2 is 1.54 bits per heavy atom. The summed E-state index contributed by atoms with van der Waals surface area (Å²) >= 11 is 0. The van der Waals surface area contributed by atoms with Gasteiger partial charge in [-0.25, -0.2) is 0 Å². The first-order valence-corrected chi connectivity index (χ1v) is 9.81. The van der Waals surface area contributed by atoms with E-state index in [9.17, 15) is 4.79 Å². The van der Waals surface area contributed by atoms with E-state index in [0.29, 0.717) is 17.1 Å². The van der Waals surface area contributed by atoms with Crippen LogP contribution in [0.15, 0.2) is 48.5 Å². The standard InChI is InChI=1S/C23H30N2O3/c1-23(2,25-15-8-9-16-25)21(17-11-6-5-7-12-17)24-22(26)20-18(27-3)13-10-14-19(20)28-4/h5-7,10-14,21H,8-9,15-16H2,1-4H3,(H,24,26). The number of hydrogen-bond acceptors (Lipinski definition) is 4. The van der Waals surface area contributed by atoms with Gasteiger partial charge in [-0.2, -0.15) is 0 Å². The summed E-state index contributed by atoms with van der Waals surface area (Å²) in [6, 6.07) is 15.4. The zero-order valence-electron chi connectivity index (χ0n) is 17.2. The van der Waals surface area contributed by atoms with Gasteiger partial charge in [0.05, 0.1) is 20.3 Å². The molecular formula is C23H30N2O3. The van der Waals surface area contributed by atoms with Crippen LogP contribution in [0.2, 0.25) is 0 Å². The molecule has 3 rings (SSSR count). The van der Waals surface area contributed by atoms with Crippen LogP contribution in [0, 0.1) is 0 Å². The number of nitrogens with one attached hydrogen (secondary N) is 1. The van der Waals surface area contributed by atoms with Crippen molar-refractivity contribution in [2.75, 3.05) is 27.3 Å². The summed E-state index contributed by atoms with van der Waals surface area (Å²) in [5.74, 6) is 0.806. The molecule has 2 aromatic carbocycles. The van der Waals surface area contributed by atoms with Gasteiger partial charge in [-0.3, -0.25) is 9.69 Å². The van der Waals surface area contributed by atoms with Gasteiger partial charge in [0, 0.05) is 5.54 Å². The molecule has 0 radical (unpaired) electrons. The summed E-state index contributed by atoms with van der Waals surface area (Å²) in [7, 11) is 3.13. The van der Waals surface area contributed by atoms with Crippen LogP contribution in [-0.4, -0.2) is 43.7 Å². The highest BCUT2D eigenvalue weighted by Gasteiger charge is 2.39. The maximum atomic E-state index is 13.4. The molecule has 0 aliphatic carbocycles. The van der Waals surface area contributed by atoms with Crippen molar-refractivity contribution in [3.05, 3.63) is 59.7 Å². The molecule has 1 N–H and O–H groups in total. The highest BCUT2D eigenvalue weighted by atomic mass is 16.5. The summed E-state index contributed by atoms with van der Waals surface area (Å²) in [4.78, 5) is 15.8. The minimum atomic E-state index is -0.233. The van der Waals surface area contributed by atoms with Crippen molar-refractivity contribution in [2.45, 2.75) is 38.3 Å². The normalized spacial score (nSPS) is 15.9. The number of nitrogens with zero attached hydrogens (tertiary/aromatic N) is 1. The smallest absolute Gasteiger partial charge is 0.259 e. The van der Waals surface area contributed by atoms with Crippen molar-refractivity contribution in [3.8, 4) is 11.5 Å². The average molecular weight is 383 g/mol. The quantitative estimate of drug-likeness (QED) is 0.785. The van der Waals surface area contributed by atoms with E-state index < -0.39 is 0 Å². The zero-order valence-corrected chi connectivity index (χ0v) is 17.2. The third-order valence-electron chi connectivity index (χ3n) is 5.69. The summed E-state index contributed by atoms with van der Waals surface area (Å²) < 4.78 is 10.9.